The summed E-state index contributed by atoms with van der Waals surface area (Å²) in [7, 11) is 1.71. The molecule has 1 N–H and O–H groups in total. The topological polar surface area (TPSA) is 44.8 Å². The molecule has 7 heteroatoms. The number of unbranched alkanes of at least 4 members (excludes halogenated alkanes) is 1. The van der Waals surface area contributed by atoms with E-state index in [0.29, 0.717) is 12.1 Å². The number of methoxy groups -OCH3 is 1. The molecule has 1 aliphatic rings. The van der Waals surface area contributed by atoms with E-state index in [-0.39, 0.29) is 24.1 Å². The normalized spacial score (nSPS) is 14.1. The Morgan fingerprint density at radius 2 is 1.76 bits per heavy atom. The van der Waals surface area contributed by atoms with Crippen LogP contribution in [0.15, 0.2) is 60.7 Å². The lowest BCUT2D eigenvalue weighted by Gasteiger charge is -2.36. The zero-order chi connectivity index (χ0) is 22.3. The van der Waals surface area contributed by atoms with E-state index in [4.69, 9.17) is 4.74 Å². The van der Waals surface area contributed by atoms with Gasteiger partial charge in [-0.1, -0.05) is 18.2 Å². The molecule has 1 amide bonds. The lowest BCUT2D eigenvalue weighted by Crippen LogP contribution is -2.46. The van der Waals surface area contributed by atoms with Crippen LogP contribution in [0.5, 0.6) is 5.75 Å². The minimum atomic E-state index is -0.332. The quantitative estimate of drug-likeness (QED) is 0.482. The minimum Gasteiger partial charge on any atom is -0.497 e. The second-order valence-electron chi connectivity index (χ2n) is 8.16. The Balaban J connectivity index is 0.00000306. The monoisotopic (exact) mass is 471 g/mol. The van der Waals surface area contributed by atoms with Crippen molar-refractivity contribution in [3.8, 4) is 5.75 Å². The highest BCUT2D eigenvalue weighted by atomic mass is 35.5. The number of amides is 1. The van der Waals surface area contributed by atoms with Gasteiger partial charge in [0.1, 0.15) is 11.6 Å². The van der Waals surface area contributed by atoms with Crippen LogP contribution in [-0.4, -0.2) is 57.2 Å². The van der Waals surface area contributed by atoms with E-state index in [1.807, 2.05) is 6.07 Å². The van der Waals surface area contributed by atoms with Gasteiger partial charge in [-0.25, -0.2) is 4.39 Å². The Morgan fingerprint density at radius 1 is 1.00 bits per heavy atom. The van der Waals surface area contributed by atoms with E-state index in [1.165, 1.54) is 40.7 Å². The van der Waals surface area contributed by atoms with Gasteiger partial charge >= 0.3 is 0 Å². The maximum Gasteiger partial charge on any atom is 0.251 e. The second-order valence-corrected chi connectivity index (χ2v) is 8.16. The Morgan fingerprint density at radius 3 is 2.48 bits per heavy atom. The van der Waals surface area contributed by atoms with Crippen molar-refractivity contribution in [1.29, 1.82) is 0 Å². The zero-order valence-electron chi connectivity index (χ0n) is 18.9. The number of nitrogens with one attached hydrogen (secondary N) is 1. The number of nitrogens with zero attached hydrogens (tertiary/aromatic N) is 2. The van der Waals surface area contributed by atoms with E-state index >= 15 is 0 Å². The lowest BCUT2D eigenvalue weighted by molar-refractivity contribution is 0.0952. The van der Waals surface area contributed by atoms with Crippen LogP contribution in [0.3, 0.4) is 0 Å². The fourth-order valence-corrected chi connectivity index (χ4v) is 4.22. The summed E-state index contributed by atoms with van der Waals surface area (Å²) in [5.41, 5.74) is 1.76. The van der Waals surface area contributed by atoms with Crippen LogP contribution in [0.1, 0.15) is 23.2 Å². The van der Waals surface area contributed by atoms with Crippen molar-refractivity contribution in [2.75, 3.05) is 51.3 Å². The molecule has 1 fully saturated rings. The molecule has 4 rings (SSSR count). The van der Waals surface area contributed by atoms with Crippen molar-refractivity contribution in [1.82, 2.24) is 10.2 Å². The SMILES string of the molecule is COc1ccc2cccc(N3CCN(CCCCNC(=O)c4ccc(F)cc4)CC3)c2c1.Cl. The summed E-state index contributed by atoms with van der Waals surface area (Å²) in [5, 5.41) is 5.38. The average Bonchev–Trinajstić information content (AvgIpc) is 2.84. The highest BCUT2D eigenvalue weighted by Gasteiger charge is 2.18. The maximum atomic E-state index is 13.0. The second kappa shape index (κ2) is 11.9. The first kappa shape index (κ1) is 24.8. The van der Waals surface area contributed by atoms with Crippen LogP contribution in [0.4, 0.5) is 10.1 Å². The van der Waals surface area contributed by atoms with Crippen molar-refractivity contribution >= 4 is 34.8 Å². The number of benzene rings is 3. The fourth-order valence-electron chi connectivity index (χ4n) is 4.22. The summed E-state index contributed by atoms with van der Waals surface area (Å²) in [4.78, 5) is 17.0. The van der Waals surface area contributed by atoms with Crippen LogP contribution in [0.25, 0.3) is 10.8 Å². The van der Waals surface area contributed by atoms with Crippen LogP contribution < -0.4 is 15.0 Å². The van der Waals surface area contributed by atoms with Gasteiger partial charge in [-0.2, -0.15) is 0 Å². The van der Waals surface area contributed by atoms with Crippen molar-refractivity contribution in [3.63, 3.8) is 0 Å². The van der Waals surface area contributed by atoms with Crippen molar-refractivity contribution in [2.24, 2.45) is 0 Å². The number of carbonyl (C=O) groups excluding carboxylic acids is 1. The molecule has 0 unspecified atom stereocenters. The number of ether oxygens (including phenoxy) is 1. The van der Waals surface area contributed by atoms with Gasteiger partial charge in [-0.15, -0.1) is 12.4 Å². The third kappa shape index (κ3) is 6.36. The summed E-state index contributed by atoms with van der Waals surface area (Å²) in [6.45, 7) is 5.72. The van der Waals surface area contributed by atoms with E-state index in [9.17, 15) is 9.18 Å². The molecule has 3 aromatic rings. The third-order valence-electron chi connectivity index (χ3n) is 6.07. The molecule has 0 spiro atoms. The van der Waals surface area contributed by atoms with Crippen LogP contribution >= 0.6 is 12.4 Å². The number of piperazine rings is 1. The molecule has 1 heterocycles. The van der Waals surface area contributed by atoms with Crippen LogP contribution in [0, 0.1) is 5.82 Å². The van der Waals surface area contributed by atoms with Gasteiger partial charge in [-0.05, 0) is 67.2 Å². The number of hydrogen-bond donors (Lipinski definition) is 1. The Bertz CT molecular complexity index is 1050. The highest BCUT2D eigenvalue weighted by molar-refractivity contribution is 5.95. The molecule has 0 saturated carbocycles. The molecule has 3 aromatic carbocycles. The molecule has 0 atom stereocenters. The number of carbonyl (C=O) groups is 1. The molecule has 0 bridgehead atoms. The summed E-state index contributed by atoms with van der Waals surface area (Å²) in [6.07, 6.45) is 1.96. The van der Waals surface area contributed by atoms with Gasteiger partial charge in [0, 0.05) is 49.4 Å². The summed E-state index contributed by atoms with van der Waals surface area (Å²) >= 11 is 0. The molecule has 1 aliphatic heterocycles. The fraction of sp³-hybridized carbons (Fsp3) is 0.346. The van der Waals surface area contributed by atoms with E-state index in [2.05, 4.69) is 45.4 Å². The number of halogens is 2. The third-order valence-corrected chi connectivity index (χ3v) is 6.07. The molecule has 33 heavy (non-hydrogen) atoms. The first-order valence-electron chi connectivity index (χ1n) is 11.2. The molecule has 0 aromatic heterocycles. The molecular weight excluding hydrogens is 441 g/mol. The standard InChI is InChI=1S/C26H30FN3O2.ClH/c1-32-23-12-9-20-5-4-6-25(24(20)19-23)30-17-15-29(16-18-30)14-3-2-13-28-26(31)21-7-10-22(27)11-8-21;/h4-12,19H,2-3,13-18H2,1H3,(H,28,31);1H. The highest BCUT2D eigenvalue weighted by Crippen LogP contribution is 2.30. The van der Waals surface area contributed by atoms with Crippen LogP contribution in [-0.2, 0) is 0 Å². The van der Waals surface area contributed by atoms with Gasteiger partial charge in [0.05, 0.1) is 7.11 Å². The molecular formula is C26H31ClFN3O2. The molecule has 5 nitrogen and oxygen atoms in total. The summed E-state index contributed by atoms with van der Waals surface area (Å²) in [6, 6.07) is 18.3. The number of anilines is 1. The average molecular weight is 472 g/mol. The largest absolute Gasteiger partial charge is 0.497 e. The number of hydrogen-bond acceptors (Lipinski definition) is 4. The van der Waals surface area contributed by atoms with Gasteiger partial charge in [0.25, 0.3) is 5.91 Å². The predicted molar refractivity (Wildman–Crippen MR) is 134 cm³/mol. The lowest BCUT2D eigenvalue weighted by atomic mass is 10.1. The maximum absolute atomic E-state index is 13.0. The first-order valence-corrected chi connectivity index (χ1v) is 11.2. The van der Waals surface area contributed by atoms with Gasteiger partial charge in [0.15, 0.2) is 0 Å². The molecule has 0 aliphatic carbocycles. The Kier molecular flexibility index (Phi) is 8.92. The van der Waals surface area contributed by atoms with Crippen LogP contribution in [0.2, 0.25) is 0 Å². The van der Waals surface area contributed by atoms with E-state index in [1.54, 1.807) is 7.11 Å². The van der Waals surface area contributed by atoms with Crippen molar-refractivity contribution < 1.29 is 13.9 Å². The van der Waals surface area contributed by atoms with E-state index < -0.39 is 0 Å². The Labute approximate surface area is 200 Å². The summed E-state index contributed by atoms with van der Waals surface area (Å²) in [5.74, 6) is 0.405. The minimum absolute atomic E-state index is 0. The predicted octanol–water partition coefficient (Wildman–Crippen LogP) is 4.74. The zero-order valence-corrected chi connectivity index (χ0v) is 19.7. The number of fused-ring (bicyclic) bond motifs is 1. The molecule has 1 saturated heterocycles. The van der Waals surface area contributed by atoms with Gasteiger partial charge in [-0.3, -0.25) is 9.69 Å². The first-order chi connectivity index (χ1) is 15.6. The number of rotatable bonds is 8. The van der Waals surface area contributed by atoms with Gasteiger partial charge < -0.3 is 15.0 Å². The van der Waals surface area contributed by atoms with Crippen molar-refractivity contribution in [2.45, 2.75) is 12.8 Å². The molecule has 176 valence electrons. The molecule has 0 radical (unpaired) electrons. The Hall–Kier alpha value is -2.83. The van der Waals surface area contributed by atoms with Gasteiger partial charge in [0.2, 0.25) is 0 Å². The van der Waals surface area contributed by atoms with E-state index in [0.717, 1.165) is 51.3 Å². The smallest absolute Gasteiger partial charge is 0.251 e. The van der Waals surface area contributed by atoms with Crippen molar-refractivity contribution in [3.05, 3.63) is 72.0 Å². The summed E-state index contributed by atoms with van der Waals surface area (Å²) < 4.78 is 18.4.